The third-order valence-corrected chi connectivity index (χ3v) is 8.69. The summed E-state index contributed by atoms with van der Waals surface area (Å²) in [6.07, 6.45) is 0.990. The number of carbonyl (C=O) groups excluding carboxylic acids is 1. The summed E-state index contributed by atoms with van der Waals surface area (Å²) in [5.41, 5.74) is 4.76. The van der Waals surface area contributed by atoms with Crippen LogP contribution in [0.25, 0.3) is 0 Å². The molecule has 1 aliphatic heterocycles. The number of hydrogen-bond donors (Lipinski definition) is 2. The van der Waals surface area contributed by atoms with Gasteiger partial charge in [-0.25, -0.2) is 4.68 Å². The first kappa shape index (κ1) is 32.4. The summed E-state index contributed by atoms with van der Waals surface area (Å²) < 4.78 is 20.7. The number of nitrogens with zero attached hydrogens (tertiary/aromatic N) is 3. The molecule has 1 atom stereocenters. The highest BCUT2D eigenvalue weighted by atomic mass is 79.9. The topological polar surface area (TPSA) is 99.5 Å². The Kier molecular flexibility index (Phi) is 10.7. The Morgan fingerprint density at radius 3 is 2.53 bits per heavy atom. The molecule has 11 heteroatoms. The van der Waals surface area contributed by atoms with Gasteiger partial charge in [-0.15, -0.1) is 5.10 Å². The highest BCUT2D eigenvalue weighted by Gasteiger charge is 2.36. The fraction of sp³-hybridized carbons (Fsp3) is 0.324. The number of hydrogen-bond acceptors (Lipinski definition) is 8. The summed E-state index contributed by atoms with van der Waals surface area (Å²) in [7, 11) is 0. The molecule has 0 saturated heterocycles. The van der Waals surface area contributed by atoms with Gasteiger partial charge in [0, 0.05) is 11.4 Å². The second kappa shape index (κ2) is 14.9. The van der Waals surface area contributed by atoms with Crippen molar-refractivity contribution in [2.75, 3.05) is 29.6 Å². The van der Waals surface area contributed by atoms with Gasteiger partial charge in [0.05, 0.1) is 28.9 Å². The summed E-state index contributed by atoms with van der Waals surface area (Å²) in [5.74, 6) is 2.92. The van der Waals surface area contributed by atoms with Crippen LogP contribution in [0.1, 0.15) is 56.8 Å². The molecule has 1 aliphatic rings. The molecule has 1 amide bonds. The molecule has 45 heavy (non-hydrogen) atoms. The molecule has 1 aromatic heterocycles. The van der Waals surface area contributed by atoms with Gasteiger partial charge in [-0.3, -0.25) is 4.79 Å². The molecule has 0 saturated carbocycles. The molecule has 1 unspecified atom stereocenters. The first-order chi connectivity index (χ1) is 21.8. The quantitative estimate of drug-likeness (QED) is 0.136. The van der Waals surface area contributed by atoms with Crippen molar-refractivity contribution in [1.29, 1.82) is 0 Å². The van der Waals surface area contributed by atoms with Crippen molar-refractivity contribution >= 4 is 45.2 Å². The zero-order valence-electron chi connectivity index (χ0n) is 26.1. The average molecular weight is 693 g/mol. The Morgan fingerprint density at radius 1 is 1.00 bits per heavy atom. The molecule has 0 spiro atoms. The van der Waals surface area contributed by atoms with Crippen molar-refractivity contribution in [2.45, 2.75) is 58.8 Å². The van der Waals surface area contributed by atoms with Gasteiger partial charge in [0.1, 0.15) is 18.4 Å². The Balaban J connectivity index is 1.57. The van der Waals surface area contributed by atoms with Crippen molar-refractivity contribution in [3.05, 3.63) is 93.1 Å². The first-order valence-electron chi connectivity index (χ1n) is 15.1. The molecule has 9 nitrogen and oxygen atoms in total. The molecular formula is C34H38BrN5O4S. The zero-order chi connectivity index (χ0) is 31.9. The number of allylic oxidation sites excluding steroid dienone is 1. The molecule has 0 bridgehead atoms. The predicted molar refractivity (Wildman–Crippen MR) is 183 cm³/mol. The number of benzene rings is 3. The summed E-state index contributed by atoms with van der Waals surface area (Å²) in [5, 5.41) is 11.9. The van der Waals surface area contributed by atoms with E-state index in [0.29, 0.717) is 69.6 Å². The van der Waals surface area contributed by atoms with Gasteiger partial charge in [-0.05, 0) is 85.4 Å². The van der Waals surface area contributed by atoms with E-state index in [1.54, 1.807) is 16.4 Å². The summed E-state index contributed by atoms with van der Waals surface area (Å²) in [4.78, 5) is 18.9. The molecule has 0 radical (unpaired) electrons. The molecule has 236 valence electrons. The number of halogens is 1. The number of aromatic nitrogens is 3. The fourth-order valence-electron chi connectivity index (χ4n) is 5.14. The highest BCUT2D eigenvalue weighted by Crippen LogP contribution is 2.44. The minimum Gasteiger partial charge on any atom is -0.492 e. The normalized spacial score (nSPS) is 14.0. The van der Waals surface area contributed by atoms with Crippen LogP contribution in [0.4, 0.5) is 11.6 Å². The minimum atomic E-state index is -0.606. The van der Waals surface area contributed by atoms with E-state index in [4.69, 9.17) is 24.3 Å². The number of carbonyl (C=O) groups is 1. The SMILES string of the molecule is CCCSc1nc2n(n1)C(c1cc(Br)c(OCc3cccc(C)c3)c(OCC)c1)C(C(=O)Nc1ccccc1OCC)=C(C)N2. The van der Waals surface area contributed by atoms with Crippen molar-refractivity contribution < 1.29 is 19.0 Å². The maximum absolute atomic E-state index is 14.2. The average Bonchev–Trinajstić information content (AvgIpc) is 3.42. The van der Waals surface area contributed by atoms with Gasteiger partial charge >= 0.3 is 0 Å². The molecule has 5 rings (SSSR count). The fourth-order valence-corrected chi connectivity index (χ4v) is 6.39. The number of amides is 1. The number of nitrogens with one attached hydrogen (secondary N) is 2. The van der Waals surface area contributed by atoms with Crippen LogP contribution in [0, 0.1) is 6.92 Å². The number of aryl methyl sites for hydroxylation is 1. The largest absolute Gasteiger partial charge is 0.492 e. The second-order valence-corrected chi connectivity index (χ2v) is 12.4. The van der Waals surface area contributed by atoms with Crippen LogP contribution in [0.2, 0.25) is 0 Å². The molecule has 4 aromatic rings. The van der Waals surface area contributed by atoms with Crippen LogP contribution in [-0.4, -0.2) is 39.6 Å². The summed E-state index contributed by atoms with van der Waals surface area (Å²) in [6, 6.07) is 18.9. The number of thioether (sulfide) groups is 1. The van der Waals surface area contributed by atoms with Crippen molar-refractivity contribution in [2.24, 2.45) is 0 Å². The van der Waals surface area contributed by atoms with Gasteiger partial charge in [0.2, 0.25) is 11.1 Å². The number of fused-ring (bicyclic) bond motifs is 1. The van der Waals surface area contributed by atoms with Gasteiger partial charge in [-0.1, -0.05) is 60.6 Å². The number of rotatable bonds is 13. The highest BCUT2D eigenvalue weighted by molar-refractivity contribution is 9.10. The van der Waals surface area contributed by atoms with E-state index in [0.717, 1.165) is 23.3 Å². The molecule has 2 N–H and O–H groups in total. The molecule has 2 heterocycles. The molecule has 0 aliphatic carbocycles. The van der Waals surface area contributed by atoms with E-state index in [2.05, 4.69) is 52.5 Å². The lowest BCUT2D eigenvalue weighted by Gasteiger charge is -2.29. The van der Waals surface area contributed by atoms with E-state index in [1.165, 1.54) is 5.56 Å². The van der Waals surface area contributed by atoms with Crippen molar-refractivity contribution in [3.8, 4) is 17.2 Å². The Bertz CT molecular complexity index is 1710. The van der Waals surface area contributed by atoms with Crippen LogP contribution >= 0.6 is 27.7 Å². The van der Waals surface area contributed by atoms with E-state index in [9.17, 15) is 4.79 Å². The minimum absolute atomic E-state index is 0.282. The van der Waals surface area contributed by atoms with Gasteiger partial charge in [-0.2, -0.15) is 4.98 Å². The number of para-hydroxylation sites is 2. The Morgan fingerprint density at radius 2 is 1.78 bits per heavy atom. The monoisotopic (exact) mass is 691 g/mol. The van der Waals surface area contributed by atoms with E-state index < -0.39 is 6.04 Å². The second-order valence-electron chi connectivity index (χ2n) is 10.5. The van der Waals surface area contributed by atoms with Crippen LogP contribution in [-0.2, 0) is 11.4 Å². The van der Waals surface area contributed by atoms with Crippen LogP contribution in [0.15, 0.2) is 81.6 Å². The van der Waals surface area contributed by atoms with Gasteiger partial charge in [0.25, 0.3) is 5.91 Å². The standard InChI is InChI=1S/C34H38BrN5O4S/c1-6-16-45-34-38-33-36-22(5)29(32(41)37-26-14-9-10-15-27(26)42-7-2)30(40(33)39-34)24-18-25(35)31(28(19-24)43-8-3)44-20-23-13-11-12-21(4)17-23/h9-15,17-19,30H,6-8,16,20H2,1-5H3,(H,37,41)(H,36,38,39). The Labute approximate surface area is 276 Å². The summed E-state index contributed by atoms with van der Waals surface area (Å²) in [6.45, 7) is 11.2. The lowest BCUT2D eigenvalue weighted by molar-refractivity contribution is -0.113. The van der Waals surface area contributed by atoms with Gasteiger partial charge < -0.3 is 24.8 Å². The van der Waals surface area contributed by atoms with Crippen molar-refractivity contribution in [1.82, 2.24) is 14.8 Å². The third kappa shape index (κ3) is 7.48. The predicted octanol–water partition coefficient (Wildman–Crippen LogP) is 8.16. The zero-order valence-corrected chi connectivity index (χ0v) is 28.5. The third-order valence-electron chi connectivity index (χ3n) is 7.06. The lowest BCUT2D eigenvalue weighted by Crippen LogP contribution is -2.31. The number of anilines is 2. The Hall–Kier alpha value is -3.96. The maximum Gasteiger partial charge on any atom is 0.255 e. The van der Waals surface area contributed by atoms with Gasteiger partial charge in [0.15, 0.2) is 11.5 Å². The smallest absolute Gasteiger partial charge is 0.255 e. The number of ether oxygens (including phenoxy) is 3. The lowest BCUT2D eigenvalue weighted by atomic mass is 9.94. The van der Waals surface area contributed by atoms with E-state index in [1.807, 2.05) is 69.3 Å². The first-order valence-corrected chi connectivity index (χ1v) is 16.9. The van der Waals surface area contributed by atoms with Crippen molar-refractivity contribution in [3.63, 3.8) is 0 Å². The van der Waals surface area contributed by atoms with Crippen LogP contribution in [0.3, 0.4) is 0 Å². The van der Waals surface area contributed by atoms with Crippen LogP contribution < -0.4 is 24.8 Å². The van der Waals surface area contributed by atoms with E-state index in [-0.39, 0.29) is 5.91 Å². The maximum atomic E-state index is 14.2. The molecule has 0 fully saturated rings. The van der Waals surface area contributed by atoms with E-state index >= 15 is 0 Å². The summed E-state index contributed by atoms with van der Waals surface area (Å²) >= 11 is 5.33. The molecule has 3 aromatic carbocycles. The molecular weight excluding hydrogens is 654 g/mol. The van der Waals surface area contributed by atoms with Crippen LogP contribution in [0.5, 0.6) is 17.2 Å².